The molecule has 156 valence electrons. The minimum absolute atomic E-state index is 0.0893. The summed E-state index contributed by atoms with van der Waals surface area (Å²) in [5.41, 5.74) is 2.50. The van der Waals surface area contributed by atoms with Crippen LogP contribution in [-0.2, 0) is 6.54 Å². The lowest BCUT2D eigenvalue weighted by Gasteiger charge is -2.15. The fourth-order valence-electron chi connectivity index (χ4n) is 3.49. The fourth-order valence-corrected chi connectivity index (χ4v) is 4.64. The zero-order valence-electron chi connectivity index (χ0n) is 17.2. The normalized spacial score (nSPS) is 12.2. The van der Waals surface area contributed by atoms with Gasteiger partial charge in [-0.05, 0) is 51.5 Å². The van der Waals surface area contributed by atoms with Gasteiger partial charge >= 0.3 is 0 Å². The van der Waals surface area contributed by atoms with E-state index in [4.69, 9.17) is 11.6 Å². The SMILES string of the molecule is C=CCn1c(SC(C)C(=O)c2[nH]c(C)c(C(C)=O)c2C)nc2cc(Cl)ccc2c1=O. The van der Waals surface area contributed by atoms with Crippen LogP contribution >= 0.6 is 23.4 Å². The third-order valence-electron chi connectivity index (χ3n) is 4.88. The van der Waals surface area contributed by atoms with Gasteiger partial charge in [0.15, 0.2) is 16.7 Å². The van der Waals surface area contributed by atoms with Gasteiger partial charge in [0.2, 0.25) is 0 Å². The van der Waals surface area contributed by atoms with Crippen molar-refractivity contribution in [1.82, 2.24) is 14.5 Å². The Kier molecular flexibility index (Phi) is 6.33. The predicted octanol–water partition coefficient (Wildman–Crippen LogP) is 4.75. The number of carbonyl (C=O) groups excluding carboxylic acids is 2. The number of aryl methyl sites for hydroxylation is 1. The van der Waals surface area contributed by atoms with Crippen LogP contribution in [0, 0.1) is 13.8 Å². The first-order chi connectivity index (χ1) is 14.1. The Balaban J connectivity index is 2.03. The monoisotopic (exact) mass is 443 g/mol. The number of H-pyrrole nitrogens is 1. The van der Waals surface area contributed by atoms with Gasteiger partial charge in [-0.2, -0.15) is 0 Å². The van der Waals surface area contributed by atoms with Gasteiger partial charge in [0.1, 0.15) is 0 Å². The van der Waals surface area contributed by atoms with Gasteiger partial charge in [-0.25, -0.2) is 4.98 Å². The molecule has 0 radical (unpaired) electrons. The topological polar surface area (TPSA) is 84.8 Å². The number of nitrogens with one attached hydrogen (secondary N) is 1. The molecule has 1 unspecified atom stereocenters. The quantitative estimate of drug-likeness (QED) is 0.246. The van der Waals surface area contributed by atoms with E-state index < -0.39 is 5.25 Å². The molecule has 0 amide bonds. The molecule has 1 N–H and O–H groups in total. The molecule has 2 heterocycles. The molecule has 2 aromatic heterocycles. The minimum Gasteiger partial charge on any atom is -0.355 e. The third-order valence-corrected chi connectivity index (χ3v) is 6.21. The largest absolute Gasteiger partial charge is 0.355 e. The fraction of sp³-hybridized carbons (Fsp3) is 0.273. The summed E-state index contributed by atoms with van der Waals surface area (Å²) in [6.45, 7) is 10.7. The number of rotatable bonds is 7. The average Bonchev–Trinajstić information content (AvgIpc) is 2.98. The van der Waals surface area contributed by atoms with Gasteiger partial charge in [-0.3, -0.25) is 19.0 Å². The number of hydrogen-bond donors (Lipinski definition) is 1. The van der Waals surface area contributed by atoms with Gasteiger partial charge in [0.25, 0.3) is 5.56 Å². The molecule has 3 aromatic rings. The Bertz CT molecular complexity index is 1240. The first-order valence-electron chi connectivity index (χ1n) is 9.37. The van der Waals surface area contributed by atoms with Crippen molar-refractivity contribution in [3.63, 3.8) is 0 Å². The first-order valence-corrected chi connectivity index (χ1v) is 10.6. The zero-order chi connectivity index (χ0) is 22.2. The first kappa shape index (κ1) is 22.1. The molecule has 6 nitrogen and oxygen atoms in total. The molecule has 0 aliphatic heterocycles. The lowest BCUT2D eigenvalue weighted by molar-refractivity contribution is 0.0988. The second kappa shape index (κ2) is 8.62. The molecule has 3 rings (SSSR count). The van der Waals surface area contributed by atoms with Crippen molar-refractivity contribution in [2.24, 2.45) is 0 Å². The summed E-state index contributed by atoms with van der Waals surface area (Å²) in [6.07, 6.45) is 1.61. The molecule has 0 saturated heterocycles. The maximum absolute atomic E-state index is 13.1. The van der Waals surface area contributed by atoms with Crippen LogP contribution in [0.5, 0.6) is 0 Å². The molecule has 30 heavy (non-hydrogen) atoms. The highest BCUT2D eigenvalue weighted by Gasteiger charge is 2.26. The molecule has 0 fully saturated rings. The molecular formula is C22H22ClN3O3S. The van der Waals surface area contributed by atoms with E-state index in [0.717, 1.165) is 0 Å². The van der Waals surface area contributed by atoms with Crippen LogP contribution < -0.4 is 5.56 Å². The highest BCUT2D eigenvalue weighted by atomic mass is 35.5. The Morgan fingerprint density at radius 3 is 2.67 bits per heavy atom. The van der Waals surface area contributed by atoms with Crippen LogP contribution in [-0.4, -0.2) is 31.4 Å². The number of nitrogens with zero attached hydrogens (tertiary/aromatic N) is 2. The number of carbonyl (C=O) groups is 2. The van der Waals surface area contributed by atoms with Crippen molar-refractivity contribution >= 4 is 45.8 Å². The Morgan fingerprint density at radius 2 is 2.07 bits per heavy atom. The van der Waals surface area contributed by atoms with Gasteiger partial charge < -0.3 is 4.98 Å². The zero-order valence-corrected chi connectivity index (χ0v) is 18.8. The number of benzene rings is 1. The highest BCUT2D eigenvalue weighted by Crippen LogP contribution is 2.28. The average molecular weight is 444 g/mol. The van der Waals surface area contributed by atoms with Gasteiger partial charge in [0.05, 0.1) is 21.8 Å². The van der Waals surface area contributed by atoms with Crippen molar-refractivity contribution in [3.8, 4) is 0 Å². The number of aromatic amines is 1. The van der Waals surface area contributed by atoms with E-state index in [1.54, 1.807) is 45.0 Å². The smallest absolute Gasteiger partial charge is 0.262 e. The summed E-state index contributed by atoms with van der Waals surface area (Å²) in [7, 11) is 0. The maximum Gasteiger partial charge on any atom is 0.262 e. The number of aromatic nitrogens is 3. The maximum atomic E-state index is 13.1. The van der Waals surface area contributed by atoms with Crippen LogP contribution in [0.1, 0.15) is 46.0 Å². The molecule has 8 heteroatoms. The van der Waals surface area contributed by atoms with Crippen LogP contribution in [0.15, 0.2) is 40.8 Å². The van der Waals surface area contributed by atoms with E-state index in [2.05, 4.69) is 16.5 Å². The molecule has 0 bridgehead atoms. The van der Waals surface area contributed by atoms with Crippen LogP contribution in [0.2, 0.25) is 5.02 Å². The summed E-state index contributed by atoms with van der Waals surface area (Å²) in [6, 6.07) is 4.92. The van der Waals surface area contributed by atoms with Crippen LogP contribution in [0.3, 0.4) is 0 Å². The summed E-state index contributed by atoms with van der Waals surface area (Å²) in [4.78, 5) is 45.6. The van der Waals surface area contributed by atoms with Crippen LogP contribution in [0.4, 0.5) is 0 Å². The molecule has 1 atom stereocenters. The Labute approximate surface area is 183 Å². The second-order valence-corrected chi connectivity index (χ2v) is 8.81. The number of ketones is 2. The number of fused-ring (bicyclic) bond motifs is 1. The number of halogens is 1. The van der Waals surface area contributed by atoms with Crippen molar-refractivity contribution in [2.75, 3.05) is 0 Å². The molecule has 0 aliphatic carbocycles. The lowest BCUT2D eigenvalue weighted by Crippen LogP contribution is -2.25. The number of thioether (sulfide) groups is 1. The third kappa shape index (κ3) is 4.00. The molecule has 0 saturated carbocycles. The summed E-state index contributed by atoms with van der Waals surface area (Å²) < 4.78 is 1.49. The van der Waals surface area contributed by atoms with E-state index in [0.29, 0.717) is 43.6 Å². The molecule has 0 spiro atoms. The minimum atomic E-state index is -0.541. The summed E-state index contributed by atoms with van der Waals surface area (Å²) in [5, 5.41) is 0.793. The van der Waals surface area contributed by atoms with E-state index in [-0.39, 0.29) is 23.7 Å². The van der Waals surface area contributed by atoms with Crippen molar-refractivity contribution in [3.05, 3.63) is 68.7 Å². The lowest BCUT2D eigenvalue weighted by atomic mass is 10.0. The van der Waals surface area contributed by atoms with E-state index >= 15 is 0 Å². The van der Waals surface area contributed by atoms with E-state index in [1.807, 2.05) is 0 Å². The number of hydrogen-bond acceptors (Lipinski definition) is 5. The Hall–Kier alpha value is -2.64. The van der Waals surface area contributed by atoms with Crippen LogP contribution in [0.25, 0.3) is 10.9 Å². The van der Waals surface area contributed by atoms with Crippen molar-refractivity contribution in [1.29, 1.82) is 0 Å². The molecular weight excluding hydrogens is 422 g/mol. The number of Topliss-reactive ketones (excluding diaryl/α,β-unsaturated/α-hetero) is 2. The molecule has 1 aromatic carbocycles. The number of allylic oxidation sites excluding steroid dienone is 1. The highest BCUT2D eigenvalue weighted by molar-refractivity contribution is 8.00. The van der Waals surface area contributed by atoms with Crippen molar-refractivity contribution < 1.29 is 9.59 Å². The Morgan fingerprint density at radius 1 is 1.37 bits per heavy atom. The van der Waals surface area contributed by atoms with Crippen molar-refractivity contribution in [2.45, 2.75) is 44.6 Å². The van der Waals surface area contributed by atoms with E-state index in [9.17, 15) is 14.4 Å². The summed E-state index contributed by atoms with van der Waals surface area (Å²) >= 11 is 7.25. The van der Waals surface area contributed by atoms with Gasteiger partial charge in [-0.15, -0.1) is 6.58 Å². The second-order valence-electron chi connectivity index (χ2n) is 7.07. The predicted molar refractivity (Wildman–Crippen MR) is 121 cm³/mol. The van der Waals surface area contributed by atoms with E-state index in [1.165, 1.54) is 23.3 Å². The van der Waals surface area contributed by atoms with Gasteiger partial charge in [0, 0.05) is 22.8 Å². The standard InChI is InChI=1S/C22H22ClN3O3S/c1-6-9-26-21(29)16-8-7-15(23)10-17(16)25-22(26)30-14(5)20(28)19-11(2)18(13(4)27)12(3)24-19/h6-8,10,14,24H,1,9H2,2-5H3. The molecule has 0 aliphatic rings. The van der Waals surface area contributed by atoms with Gasteiger partial charge in [-0.1, -0.05) is 29.4 Å². The summed E-state index contributed by atoms with van der Waals surface area (Å²) in [5.74, 6) is -0.257.